The summed E-state index contributed by atoms with van der Waals surface area (Å²) >= 11 is 0. The van der Waals surface area contributed by atoms with Crippen LogP contribution in [0.1, 0.15) is 15.9 Å². The van der Waals surface area contributed by atoms with E-state index in [9.17, 15) is 4.79 Å². The lowest BCUT2D eigenvalue weighted by molar-refractivity contribution is 0.0953. The minimum atomic E-state index is -0.227. The first-order chi connectivity index (χ1) is 13.1. The van der Waals surface area contributed by atoms with Crippen molar-refractivity contribution in [3.05, 3.63) is 41.5 Å². The van der Waals surface area contributed by atoms with Crippen LogP contribution in [0.2, 0.25) is 0 Å². The van der Waals surface area contributed by atoms with E-state index in [1.807, 2.05) is 18.2 Å². The maximum absolute atomic E-state index is 12.5. The highest BCUT2D eigenvalue weighted by Crippen LogP contribution is 2.38. The van der Waals surface area contributed by atoms with Crippen molar-refractivity contribution in [3.63, 3.8) is 0 Å². The minimum absolute atomic E-state index is 0.227. The van der Waals surface area contributed by atoms with E-state index in [0.717, 1.165) is 5.56 Å². The molecule has 0 heterocycles. The van der Waals surface area contributed by atoms with E-state index in [4.69, 9.17) is 23.7 Å². The van der Waals surface area contributed by atoms with Crippen molar-refractivity contribution < 1.29 is 28.5 Å². The number of hydrogen-bond acceptors (Lipinski definition) is 6. The standard InChI is InChI=1S/C20H25NO6/c1-23-15-7-6-13(10-16(15)24-2)8-9-21-20(22)14-11-17(25-3)19(27-5)18(12-14)26-4/h6-7,10-12H,8-9H2,1-5H3,(H,21,22). The van der Waals surface area contributed by atoms with Crippen molar-refractivity contribution in [3.8, 4) is 28.7 Å². The van der Waals surface area contributed by atoms with Gasteiger partial charge in [0.25, 0.3) is 5.91 Å². The van der Waals surface area contributed by atoms with E-state index in [1.165, 1.54) is 21.3 Å². The van der Waals surface area contributed by atoms with Gasteiger partial charge in [-0.3, -0.25) is 4.79 Å². The Morgan fingerprint density at radius 2 is 1.37 bits per heavy atom. The fourth-order valence-corrected chi connectivity index (χ4v) is 2.67. The van der Waals surface area contributed by atoms with E-state index >= 15 is 0 Å². The molecule has 2 aromatic carbocycles. The Hall–Kier alpha value is -3.09. The molecule has 0 spiro atoms. The number of rotatable bonds is 9. The number of carbonyl (C=O) groups excluding carboxylic acids is 1. The molecule has 0 aliphatic heterocycles. The average molecular weight is 375 g/mol. The van der Waals surface area contributed by atoms with Gasteiger partial charge in [-0.15, -0.1) is 0 Å². The molecule has 7 nitrogen and oxygen atoms in total. The summed E-state index contributed by atoms with van der Waals surface area (Å²) < 4.78 is 26.3. The number of amides is 1. The van der Waals surface area contributed by atoms with Crippen molar-refractivity contribution in [1.29, 1.82) is 0 Å². The van der Waals surface area contributed by atoms with Crippen molar-refractivity contribution in [2.75, 3.05) is 42.1 Å². The molecule has 0 radical (unpaired) electrons. The van der Waals surface area contributed by atoms with Crippen LogP contribution in [0.25, 0.3) is 0 Å². The number of ether oxygens (including phenoxy) is 5. The van der Waals surface area contributed by atoms with Gasteiger partial charge in [-0.1, -0.05) is 6.07 Å². The highest BCUT2D eigenvalue weighted by atomic mass is 16.5. The zero-order chi connectivity index (χ0) is 19.8. The third-order valence-corrected chi connectivity index (χ3v) is 4.07. The van der Waals surface area contributed by atoms with Crippen LogP contribution >= 0.6 is 0 Å². The molecule has 1 N–H and O–H groups in total. The second kappa shape index (κ2) is 9.56. The van der Waals surface area contributed by atoms with Gasteiger partial charge in [0.2, 0.25) is 5.75 Å². The molecule has 1 amide bonds. The third kappa shape index (κ3) is 4.75. The van der Waals surface area contributed by atoms with E-state index in [-0.39, 0.29) is 5.91 Å². The molecular formula is C20H25NO6. The fraction of sp³-hybridized carbons (Fsp3) is 0.350. The molecular weight excluding hydrogens is 350 g/mol. The largest absolute Gasteiger partial charge is 0.493 e. The normalized spacial score (nSPS) is 10.1. The molecule has 0 aliphatic rings. The molecule has 0 unspecified atom stereocenters. The molecule has 0 fully saturated rings. The lowest BCUT2D eigenvalue weighted by Crippen LogP contribution is -2.25. The smallest absolute Gasteiger partial charge is 0.251 e. The van der Waals surface area contributed by atoms with Gasteiger partial charge in [-0.05, 0) is 36.2 Å². The molecule has 0 aromatic heterocycles. The minimum Gasteiger partial charge on any atom is -0.493 e. The summed E-state index contributed by atoms with van der Waals surface area (Å²) in [5.41, 5.74) is 1.45. The number of methoxy groups -OCH3 is 5. The van der Waals surface area contributed by atoms with E-state index in [2.05, 4.69) is 5.32 Å². The van der Waals surface area contributed by atoms with E-state index in [1.54, 1.807) is 26.4 Å². The summed E-state index contributed by atoms with van der Waals surface area (Å²) in [6.45, 7) is 0.463. The zero-order valence-corrected chi connectivity index (χ0v) is 16.3. The Labute approximate surface area is 159 Å². The molecule has 7 heteroatoms. The average Bonchev–Trinajstić information content (AvgIpc) is 2.72. The Balaban J connectivity index is 2.06. The van der Waals surface area contributed by atoms with Crippen LogP contribution in [0.3, 0.4) is 0 Å². The van der Waals surface area contributed by atoms with Gasteiger partial charge in [0, 0.05) is 12.1 Å². The molecule has 0 saturated carbocycles. The van der Waals surface area contributed by atoms with E-state index in [0.29, 0.717) is 47.3 Å². The monoisotopic (exact) mass is 375 g/mol. The first-order valence-corrected chi connectivity index (χ1v) is 8.37. The lowest BCUT2D eigenvalue weighted by atomic mass is 10.1. The van der Waals surface area contributed by atoms with Gasteiger partial charge in [0.1, 0.15) is 0 Å². The summed E-state index contributed by atoms with van der Waals surface area (Å²) in [7, 11) is 7.72. The molecule has 0 atom stereocenters. The summed E-state index contributed by atoms with van der Waals surface area (Å²) in [5.74, 6) is 2.41. The second-order valence-corrected chi connectivity index (χ2v) is 5.61. The summed E-state index contributed by atoms with van der Waals surface area (Å²) in [4.78, 5) is 12.5. The van der Waals surface area contributed by atoms with Crippen LogP contribution < -0.4 is 29.0 Å². The fourth-order valence-electron chi connectivity index (χ4n) is 2.67. The molecule has 0 bridgehead atoms. The topological polar surface area (TPSA) is 75.3 Å². The van der Waals surface area contributed by atoms with Crippen molar-refractivity contribution in [2.45, 2.75) is 6.42 Å². The number of benzene rings is 2. The van der Waals surface area contributed by atoms with Gasteiger partial charge >= 0.3 is 0 Å². The maximum Gasteiger partial charge on any atom is 0.251 e. The molecule has 0 aliphatic carbocycles. The van der Waals surface area contributed by atoms with Gasteiger partial charge in [-0.2, -0.15) is 0 Å². The molecule has 27 heavy (non-hydrogen) atoms. The van der Waals surface area contributed by atoms with Crippen LogP contribution in [0, 0.1) is 0 Å². The zero-order valence-electron chi connectivity index (χ0n) is 16.3. The SMILES string of the molecule is COc1ccc(CCNC(=O)c2cc(OC)c(OC)c(OC)c2)cc1OC. The van der Waals surface area contributed by atoms with Crippen LogP contribution in [0.15, 0.2) is 30.3 Å². The van der Waals surface area contributed by atoms with Gasteiger partial charge in [-0.25, -0.2) is 0 Å². The van der Waals surface area contributed by atoms with E-state index < -0.39 is 0 Å². The van der Waals surface area contributed by atoms with Crippen LogP contribution in [-0.4, -0.2) is 48.0 Å². The van der Waals surface area contributed by atoms with Crippen molar-refractivity contribution >= 4 is 5.91 Å². The quantitative estimate of drug-likeness (QED) is 0.726. The van der Waals surface area contributed by atoms with Crippen LogP contribution in [-0.2, 0) is 6.42 Å². The van der Waals surface area contributed by atoms with Crippen molar-refractivity contribution in [1.82, 2.24) is 5.32 Å². The first-order valence-electron chi connectivity index (χ1n) is 8.37. The Morgan fingerprint density at radius 3 is 1.89 bits per heavy atom. The Morgan fingerprint density at radius 1 is 0.778 bits per heavy atom. The second-order valence-electron chi connectivity index (χ2n) is 5.61. The summed E-state index contributed by atoms with van der Waals surface area (Å²) in [5, 5.41) is 2.89. The summed E-state index contributed by atoms with van der Waals surface area (Å²) in [6.07, 6.45) is 0.649. The lowest BCUT2D eigenvalue weighted by Gasteiger charge is -2.14. The van der Waals surface area contributed by atoms with Crippen LogP contribution in [0.5, 0.6) is 28.7 Å². The maximum atomic E-state index is 12.5. The van der Waals surface area contributed by atoms with Gasteiger partial charge in [0.05, 0.1) is 35.5 Å². The number of carbonyl (C=O) groups is 1. The van der Waals surface area contributed by atoms with Gasteiger partial charge < -0.3 is 29.0 Å². The Kier molecular flexibility index (Phi) is 7.16. The Bertz CT molecular complexity index is 765. The molecule has 0 saturated heterocycles. The first kappa shape index (κ1) is 20.2. The summed E-state index contributed by atoms with van der Waals surface area (Å²) in [6, 6.07) is 8.91. The predicted molar refractivity (Wildman–Crippen MR) is 102 cm³/mol. The number of hydrogen-bond donors (Lipinski definition) is 1. The molecule has 2 aromatic rings. The number of nitrogens with one attached hydrogen (secondary N) is 1. The molecule has 146 valence electrons. The molecule has 2 rings (SSSR count). The van der Waals surface area contributed by atoms with Crippen molar-refractivity contribution in [2.24, 2.45) is 0 Å². The highest BCUT2D eigenvalue weighted by Gasteiger charge is 2.16. The predicted octanol–water partition coefficient (Wildman–Crippen LogP) is 2.70. The van der Waals surface area contributed by atoms with Gasteiger partial charge in [0.15, 0.2) is 23.0 Å². The highest BCUT2D eigenvalue weighted by molar-refractivity contribution is 5.95. The van der Waals surface area contributed by atoms with Crippen LogP contribution in [0.4, 0.5) is 0 Å². The third-order valence-electron chi connectivity index (χ3n) is 4.07.